The Morgan fingerprint density at radius 3 is 2.00 bits per heavy atom. The molecule has 1 aromatic rings. The van der Waals surface area contributed by atoms with Crippen LogP contribution in [0.1, 0.15) is 76.9 Å². The van der Waals surface area contributed by atoms with Crippen LogP contribution in [0.4, 0.5) is 0 Å². The molecule has 1 aromatic heterocycles. The fraction of sp³-hybridized carbons (Fsp3) is 0.750. The zero-order valence-corrected chi connectivity index (χ0v) is 13.8. The molecule has 0 amide bonds. The SMILES string of the molecule is CCCCCCCCCCCCc1occc1S(=O)(=O)O. The summed E-state index contributed by atoms with van der Waals surface area (Å²) in [5.41, 5.74) is 0. The molecule has 1 heterocycles. The van der Waals surface area contributed by atoms with E-state index in [1.54, 1.807) is 0 Å². The normalized spacial score (nSPS) is 11.9. The Labute approximate surface area is 128 Å². The van der Waals surface area contributed by atoms with E-state index in [4.69, 9.17) is 8.97 Å². The van der Waals surface area contributed by atoms with Crippen molar-refractivity contribution in [2.24, 2.45) is 0 Å². The maximum absolute atomic E-state index is 11.1. The second kappa shape index (κ2) is 10.0. The second-order valence-corrected chi connectivity index (χ2v) is 7.01. The van der Waals surface area contributed by atoms with Crippen LogP contribution < -0.4 is 0 Å². The van der Waals surface area contributed by atoms with Crippen molar-refractivity contribution in [3.8, 4) is 0 Å². The number of hydrogen-bond acceptors (Lipinski definition) is 3. The number of furan rings is 1. The predicted octanol–water partition coefficient (Wildman–Crippen LogP) is 4.99. The third-order valence-corrected chi connectivity index (χ3v) is 4.66. The van der Waals surface area contributed by atoms with Crippen molar-refractivity contribution < 1.29 is 17.4 Å². The van der Waals surface area contributed by atoms with Crippen molar-refractivity contribution in [1.29, 1.82) is 0 Å². The second-order valence-electron chi connectivity index (χ2n) is 5.62. The molecule has 0 aliphatic heterocycles. The highest BCUT2D eigenvalue weighted by Crippen LogP contribution is 2.19. The van der Waals surface area contributed by atoms with E-state index in [-0.39, 0.29) is 4.90 Å². The molecule has 21 heavy (non-hydrogen) atoms. The molecule has 5 heteroatoms. The van der Waals surface area contributed by atoms with Gasteiger partial charge < -0.3 is 4.42 Å². The minimum absolute atomic E-state index is 0.0848. The van der Waals surface area contributed by atoms with Gasteiger partial charge in [-0.3, -0.25) is 4.55 Å². The van der Waals surface area contributed by atoms with Gasteiger partial charge in [0.05, 0.1) is 6.26 Å². The summed E-state index contributed by atoms with van der Waals surface area (Å²) < 4.78 is 36.4. The lowest BCUT2D eigenvalue weighted by Gasteiger charge is -2.02. The lowest BCUT2D eigenvalue weighted by Crippen LogP contribution is -2.00. The van der Waals surface area contributed by atoms with Crippen LogP contribution in [0.25, 0.3) is 0 Å². The quantitative estimate of drug-likeness (QED) is 0.436. The molecule has 0 bridgehead atoms. The highest BCUT2D eigenvalue weighted by Gasteiger charge is 2.17. The molecule has 4 nitrogen and oxygen atoms in total. The van der Waals surface area contributed by atoms with Crippen LogP contribution in [0.3, 0.4) is 0 Å². The Bertz CT molecular complexity index is 476. The van der Waals surface area contributed by atoms with E-state index in [1.165, 1.54) is 63.7 Å². The van der Waals surface area contributed by atoms with E-state index in [2.05, 4.69) is 6.92 Å². The van der Waals surface area contributed by atoms with Crippen LogP contribution >= 0.6 is 0 Å². The molecule has 1 rings (SSSR count). The summed E-state index contributed by atoms with van der Waals surface area (Å²) in [5, 5.41) is 0. The summed E-state index contributed by atoms with van der Waals surface area (Å²) in [5.74, 6) is 0.372. The van der Waals surface area contributed by atoms with Crippen LogP contribution in [-0.4, -0.2) is 13.0 Å². The number of unbranched alkanes of at least 4 members (excludes halogenated alkanes) is 9. The minimum Gasteiger partial charge on any atom is -0.468 e. The Morgan fingerprint density at radius 2 is 1.48 bits per heavy atom. The third-order valence-electron chi connectivity index (χ3n) is 3.74. The highest BCUT2D eigenvalue weighted by molar-refractivity contribution is 7.85. The van der Waals surface area contributed by atoms with Crippen LogP contribution in [0.2, 0.25) is 0 Å². The van der Waals surface area contributed by atoms with Crippen molar-refractivity contribution in [2.45, 2.75) is 82.4 Å². The van der Waals surface area contributed by atoms with Gasteiger partial charge in [-0.25, -0.2) is 0 Å². The molecule has 0 aliphatic rings. The molecule has 122 valence electrons. The van der Waals surface area contributed by atoms with Crippen molar-refractivity contribution in [1.82, 2.24) is 0 Å². The average Bonchev–Trinajstić information content (AvgIpc) is 2.89. The fourth-order valence-electron chi connectivity index (χ4n) is 2.51. The molecule has 0 saturated heterocycles. The average molecular weight is 316 g/mol. The van der Waals surface area contributed by atoms with Crippen LogP contribution in [0.15, 0.2) is 21.6 Å². The van der Waals surface area contributed by atoms with Gasteiger partial charge in [-0.15, -0.1) is 0 Å². The summed E-state index contributed by atoms with van der Waals surface area (Å²) in [4.78, 5) is -0.0848. The maximum atomic E-state index is 11.1. The Kier molecular flexibility index (Phi) is 8.69. The van der Waals surface area contributed by atoms with Gasteiger partial charge in [-0.2, -0.15) is 8.42 Å². The predicted molar refractivity (Wildman–Crippen MR) is 84.1 cm³/mol. The Balaban J connectivity index is 2.06. The summed E-state index contributed by atoms with van der Waals surface area (Å²) in [6.07, 6.45) is 14.2. The Morgan fingerprint density at radius 1 is 0.952 bits per heavy atom. The van der Waals surface area contributed by atoms with Gasteiger partial charge in [-0.05, 0) is 12.5 Å². The van der Waals surface area contributed by atoms with Crippen molar-refractivity contribution in [3.05, 3.63) is 18.1 Å². The smallest absolute Gasteiger partial charge is 0.298 e. The van der Waals surface area contributed by atoms with E-state index in [1.807, 2.05) is 0 Å². The molecule has 0 spiro atoms. The molecule has 0 saturated carbocycles. The van der Waals surface area contributed by atoms with E-state index >= 15 is 0 Å². The highest BCUT2D eigenvalue weighted by atomic mass is 32.2. The van der Waals surface area contributed by atoms with Gasteiger partial charge in [0.25, 0.3) is 10.1 Å². The maximum Gasteiger partial charge on any atom is 0.298 e. The van der Waals surface area contributed by atoms with E-state index in [0.29, 0.717) is 12.2 Å². The lowest BCUT2D eigenvalue weighted by molar-refractivity contribution is 0.460. The topological polar surface area (TPSA) is 67.5 Å². The first-order chi connectivity index (χ1) is 10.1. The van der Waals surface area contributed by atoms with Crippen LogP contribution in [0.5, 0.6) is 0 Å². The number of hydrogen-bond donors (Lipinski definition) is 1. The number of rotatable bonds is 12. The Hall–Kier alpha value is -0.810. The molecule has 0 unspecified atom stereocenters. The minimum atomic E-state index is -4.15. The standard InChI is InChI=1S/C16H28O4S/c1-2-3-4-5-6-7-8-9-10-11-12-15-16(13-14-20-15)21(17,18)19/h13-14H,2-12H2,1H3,(H,17,18,19). The zero-order valence-electron chi connectivity index (χ0n) is 13.0. The van der Waals surface area contributed by atoms with Crippen molar-refractivity contribution in [3.63, 3.8) is 0 Å². The van der Waals surface area contributed by atoms with Gasteiger partial charge in [0.2, 0.25) is 0 Å². The fourth-order valence-corrected chi connectivity index (χ4v) is 3.18. The number of aryl methyl sites for hydroxylation is 1. The first kappa shape index (κ1) is 18.2. The molecule has 0 atom stereocenters. The zero-order chi connectivity index (χ0) is 15.6. The molecule has 0 radical (unpaired) electrons. The molecular formula is C16H28O4S. The molecule has 0 fully saturated rings. The molecule has 0 aromatic carbocycles. The molecular weight excluding hydrogens is 288 g/mol. The summed E-state index contributed by atoms with van der Waals surface area (Å²) in [7, 11) is -4.15. The third kappa shape index (κ3) is 7.67. The first-order valence-electron chi connectivity index (χ1n) is 8.09. The first-order valence-corrected chi connectivity index (χ1v) is 9.53. The van der Waals surface area contributed by atoms with Gasteiger partial charge >= 0.3 is 0 Å². The van der Waals surface area contributed by atoms with E-state index in [0.717, 1.165) is 12.8 Å². The molecule has 1 N–H and O–H groups in total. The van der Waals surface area contributed by atoms with Gasteiger partial charge in [0.15, 0.2) is 0 Å². The van der Waals surface area contributed by atoms with Gasteiger partial charge in [0.1, 0.15) is 10.7 Å². The van der Waals surface area contributed by atoms with Crippen LogP contribution in [0, 0.1) is 0 Å². The lowest BCUT2D eigenvalue weighted by atomic mass is 10.1. The van der Waals surface area contributed by atoms with Crippen LogP contribution in [-0.2, 0) is 16.5 Å². The van der Waals surface area contributed by atoms with Crippen molar-refractivity contribution >= 4 is 10.1 Å². The van der Waals surface area contributed by atoms with E-state index < -0.39 is 10.1 Å². The van der Waals surface area contributed by atoms with Gasteiger partial charge in [0, 0.05) is 6.42 Å². The van der Waals surface area contributed by atoms with Gasteiger partial charge in [-0.1, -0.05) is 64.7 Å². The van der Waals surface area contributed by atoms with Crippen molar-refractivity contribution in [2.75, 3.05) is 0 Å². The summed E-state index contributed by atoms with van der Waals surface area (Å²) >= 11 is 0. The molecule has 0 aliphatic carbocycles. The largest absolute Gasteiger partial charge is 0.468 e. The summed E-state index contributed by atoms with van der Waals surface area (Å²) in [6, 6.07) is 1.31. The summed E-state index contributed by atoms with van der Waals surface area (Å²) in [6.45, 7) is 2.23. The monoisotopic (exact) mass is 316 g/mol. The van der Waals surface area contributed by atoms with E-state index in [9.17, 15) is 8.42 Å².